The second kappa shape index (κ2) is 13.1. The minimum Gasteiger partial charge on any atom is -0.454 e. The number of nitrogens with zero attached hydrogens (tertiary/aromatic N) is 5. The molecular formula is C22H25F3N12O3. The zero-order valence-electron chi connectivity index (χ0n) is 20.8. The van der Waals surface area contributed by atoms with Crippen LogP contribution in [0, 0.1) is 0 Å². The van der Waals surface area contributed by atoms with Gasteiger partial charge in [0.1, 0.15) is 0 Å². The molecule has 3 aliphatic heterocycles. The number of benzene rings is 1. The molecule has 0 atom stereocenters. The molecule has 1 aromatic carbocycles. The fourth-order valence-corrected chi connectivity index (χ4v) is 3.14. The molecule has 0 unspecified atom stereocenters. The molecule has 0 radical (unpaired) electrons. The molecule has 0 spiro atoms. The van der Waals surface area contributed by atoms with Gasteiger partial charge >= 0.3 is 24.2 Å². The average Bonchev–Trinajstić information content (AvgIpc) is 2.91. The number of nitrogens with one attached hydrogen (secondary N) is 7. The Morgan fingerprint density at radius 1 is 0.750 bits per heavy atom. The minimum absolute atomic E-state index is 0.0448. The number of hydrogen-bond acceptors (Lipinski definition) is 11. The summed E-state index contributed by atoms with van der Waals surface area (Å²) in [5.41, 5.74) is 1.60. The quantitative estimate of drug-likeness (QED) is 0.242. The van der Waals surface area contributed by atoms with E-state index in [9.17, 15) is 22.8 Å². The Hall–Kier alpha value is -5.16. The number of aromatic nitrogens is 5. The maximum Gasteiger partial charge on any atom is 0.422 e. The zero-order valence-corrected chi connectivity index (χ0v) is 20.8. The number of hydrogen-bond donors (Lipinski definition) is 7. The number of alkyl halides is 3. The largest absolute Gasteiger partial charge is 0.454 e. The lowest BCUT2D eigenvalue weighted by molar-refractivity contribution is -0.154. The maximum absolute atomic E-state index is 12.7. The van der Waals surface area contributed by atoms with Gasteiger partial charge in [0.25, 0.3) is 0 Å². The Bertz CT molecular complexity index is 1290. The summed E-state index contributed by atoms with van der Waals surface area (Å²) in [6.07, 6.45) is -1.17. The smallest absolute Gasteiger partial charge is 0.422 e. The van der Waals surface area contributed by atoms with Gasteiger partial charge in [-0.2, -0.15) is 28.1 Å². The first-order valence-corrected chi connectivity index (χ1v) is 11.9. The van der Waals surface area contributed by atoms with Crippen LogP contribution in [-0.2, 0) is 6.54 Å². The van der Waals surface area contributed by atoms with Crippen molar-refractivity contribution in [1.29, 1.82) is 0 Å². The van der Waals surface area contributed by atoms with Crippen LogP contribution in [0.4, 0.5) is 52.0 Å². The summed E-state index contributed by atoms with van der Waals surface area (Å²) in [5, 5.41) is 19.0. The van der Waals surface area contributed by atoms with Crippen LogP contribution in [0.25, 0.3) is 0 Å². The monoisotopic (exact) mass is 562 g/mol. The SMILES string of the molecule is O=C1NCCCNc2ncc(cn2)Nc2nc(nc(OCC(F)(F)F)n2)NCc2ccc(cc2)NC(=O)NCN1. The molecule has 3 aliphatic rings. The van der Waals surface area contributed by atoms with E-state index in [-0.39, 0.29) is 25.1 Å². The predicted octanol–water partition coefficient (Wildman–Crippen LogP) is 2.15. The molecule has 0 aliphatic carbocycles. The Morgan fingerprint density at radius 2 is 1.45 bits per heavy atom. The van der Waals surface area contributed by atoms with Crippen molar-refractivity contribution in [2.45, 2.75) is 19.1 Å². The third-order valence-electron chi connectivity index (χ3n) is 4.97. The molecule has 6 bridgehead atoms. The van der Waals surface area contributed by atoms with Crippen LogP contribution in [0.3, 0.4) is 0 Å². The molecule has 5 heterocycles. The molecule has 0 saturated carbocycles. The van der Waals surface area contributed by atoms with Crippen molar-refractivity contribution in [1.82, 2.24) is 40.9 Å². The van der Waals surface area contributed by atoms with Crippen molar-refractivity contribution >= 4 is 41.3 Å². The molecule has 7 N–H and O–H groups in total. The molecule has 18 heteroatoms. The fourth-order valence-electron chi connectivity index (χ4n) is 3.14. The summed E-state index contributed by atoms with van der Waals surface area (Å²) in [4.78, 5) is 44.2. The van der Waals surface area contributed by atoms with Crippen LogP contribution in [-0.4, -0.2) is 69.5 Å². The van der Waals surface area contributed by atoms with Gasteiger partial charge in [-0.15, -0.1) is 0 Å². The summed E-state index contributed by atoms with van der Waals surface area (Å²) in [5.74, 6) is 0.171. The Kier molecular flexibility index (Phi) is 9.11. The van der Waals surface area contributed by atoms with Gasteiger partial charge in [0.2, 0.25) is 17.8 Å². The standard InChI is InChI=1S/C22H25F3N12O3/c23-22(24,25)11-40-21-36-17-28-8-13-2-4-14(5-3-13)34-20(39)32-12-31-19(38)27-7-1-6-26-16-29-9-15(10-30-16)33-18(35-17)37-21/h2-5,9-10H,1,6-8,11-12H2,(H,26,29,30)(H2,27,31,38)(H2,32,34,39)(H2,28,33,35,36,37). The van der Waals surface area contributed by atoms with Gasteiger partial charge in [-0.1, -0.05) is 12.1 Å². The van der Waals surface area contributed by atoms with E-state index in [1.165, 1.54) is 12.4 Å². The number of amides is 4. The summed E-state index contributed by atoms with van der Waals surface area (Å²) in [6, 6.07) is 5.21. The van der Waals surface area contributed by atoms with Crippen molar-refractivity contribution in [2.24, 2.45) is 0 Å². The highest BCUT2D eigenvalue weighted by atomic mass is 19.4. The first-order valence-electron chi connectivity index (χ1n) is 11.9. The maximum atomic E-state index is 12.7. The van der Waals surface area contributed by atoms with Crippen molar-refractivity contribution in [3.05, 3.63) is 42.2 Å². The molecule has 0 saturated heterocycles. The van der Waals surface area contributed by atoms with E-state index in [1.54, 1.807) is 24.3 Å². The number of fused-ring (bicyclic) bond motifs is 2. The number of anilines is 5. The first-order chi connectivity index (χ1) is 19.2. The van der Waals surface area contributed by atoms with Crippen molar-refractivity contribution in [3.63, 3.8) is 0 Å². The number of halogens is 3. The highest BCUT2D eigenvalue weighted by molar-refractivity contribution is 5.89. The van der Waals surface area contributed by atoms with E-state index in [0.717, 1.165) is 5.56 Å². The molecule has 212 valence electrons. The van der Waals surface area contributed by atoms with Crippen LogP contribution in [0.2, 0.25) is 0 Å². The fraction of sp³-hybridized carbons (Fsp3) is 0.318. The van der Waals surface area contributed by atoms with Gasteiger partial charge in [0, 0.05) is 25.3 Å². The van der Waals surface area contributed by atoms with E-state index < -0.39 is 30.9 Å². The van der Waals surface area contributed by atoms with Gasteiger partial charge in [-0.05, 0) is 24.1 Å². The predicted molar refractivity (Wildman–Crippen MR) is 137 cm³/mol. The topological polar surface area (TPSA) is 192 Å². The van der Waals surface area contributed by atoms with E-state index in [1.807, 2.05) is 0 Å². The molecule has 3 aromatic rings. The van der Waals surface area contributed by atoms with Crippen LogP contribution < -0.4 is 42.0 Å². The second-order valence-corrected chi connectivity index (χ2v) is 8.16. The molecule has 2 aromatic heterocycles. The lowest BCUT2D eigenvalue weighted by Gasteiger charge is -2.12. The number of rotatable bonds is 2. The van der Waals surface area contributed by atoms with Gasteiger partial charge in [0.05, 0.1) is 24.7 Å². The van der Waals surface area contributed by atoms with Gasteiger partial charge in [-0.3, -0.25) is 0 Å². The first kappa shape index (κ1) is 27.9. The highest BCUT2D eigenvalue weighted by Crippen LogP contribution is 2.20. The van der Waals surface area contributed by atoms with E-state index >= 15 is 0 Å². The second-order valence-electron chi connectivity index (χ2n) is 8.16. The highest BCUT2D eigenvalue weighted by Gasteiger charge is 2.29. The number of ether oxygens (including phenoxy) is 1. The van der Waals surface area contributed by atoms with E-state index in [2.05, 4.69) is 62.1 Å². The summed E-state index contributed by atoms with van der Waals surface area (Å²) < 4.78 is 42.8. The van der Waals surface area contributed by atoms with Crippen LogP contribution in [0.1, 0.15) is 12.0 Å². The molecule has 15 nitrogen and oxygen atoms in total. The average molecular weight is 563 g/mol. The summed E-state index contributed by atoms with van der Waals surface area (Å²) in [6.45, 7) is -0.673. The van der Waals surface area contributed by atoms with Gasteiger partial charge in [0.15, 0.2) is 6.61 Å². The van der Waals surface area contributed by atoms with Crippen molar-refractivity contribution in [2.75, 3.05) is 47.6 Å². The van der Waals surface area contributed by atoms with Crippen LogP contribution in [0.15, 0.2) is 36.7 Å². The van der Waals surface area contributed by atoms with Crippen molar-refractivity contribution < 1.29 is 27.5 Å². The normalized spacial score (nSPS) is 15.0. The van der Waals surface area contributed by atoms with Gasteiger partial charge < -0.3 is 42.0 Å². The molecule has 6 rings (SSSR count). The molecule has 40 heavy (non-hydrogen) atoms. The number of carbonyl (C=O) groups excluding carboxylic acids is 2. The Morgan fingerprint density at radius 3 is 2.20 bits per heavy atom. The third kappa shape index (κ3) is 9.30. The lowest BCUT2D eigenvalue weighted by atomic mass is 10.2. The van der Waals surface area contributed by atoms with Crippen LogP contribution >= 0.6 is 0 Å². The molecular weight excluding hydrogens is 537 g/mol. The summed E-state index contributed by atoms with van der Waals surface area (Å²) >= 11 is 0. The lowest BCUT2D eigenvalue weighted by Crippen LogP contribution is -2.44. The molecule has 0 fully saturated rings. The van der Waals surface area contributed by atoms with Crippen molar-refractivity contribution in [3.8, 4) is 6.01 Å². The van der Waals surface area contributed by atoms with Gasteiger partial charge in [-0.25, -0.2) is 19.6 Å². The van der Waals surface area contributed by atoms with E-state index in [0.29, 0.717) is 36.8 Å². The Labute approximate surface area is 225 Å². The minimum atomic E-state index is -4.59. The van der Waals surface area contributed by atoms with E-state index in [4.69, 9.17) is 4.74 Å². The Balaban J connectivity index is 1.52. The number of urea groups is 2. The number of carbonyl (C=O) groups is 2. The zero-order chi connectivity index (χ0) is 28.4. The molecule has 4 amide bonds. The summed E-state index contributed by atoms with van der Waals surface area (Å²) in [7, 11) is 0. The van der Waals surface area contributed by atoms with Crippen LogP contribution in [0.5, 0.6) is 6.01 Å². The third-order valence-corrected chi connectivity index (χ3v) is 4.97.